The molecule has 1 N–H and O–H groups in total. The van der Waals surface area contributed by atoms with Crippen molar-refractivity contribution in [1.29, 1.82) is 0 Å². The number of carbonyl (C=O) groups is 1. The second-order valence-electron chi connectivity index (χ2n) is 4.87. The highest BCUT2D eigenvalue weighted by atomic mass is 35.5. The van der Waals surface area contributed by atoms with Crippen LogP contribution < -0.4 is 5.32 Å². The van der Waals surface area contributed by atoms with Crippen molar-refractivity contribution in [3.63, 3.8) is 0 Å². The number of aromatic nitrogens is 2. The summed E-state index contributed by atoms with van der Waals surface area (Å²) in [5.41, 5.74) is 3.29. The topological polar surface area (TPSA) is 54.9 Å². The molecule has 0 aliphatic carbocycles. The number of hydrogen-bond acceptors (Lipinski definition) is 3. The van der Waals surface area contributed by atoms with E-state index in [2.05, 4.69) is 22.2 Å². The quantitative estimate of drug-likeness (QED) is 0.862. The number of pyridine rings is 2. The van der Waals surface area contributed by atoms with Gasteiger partial charge in [0.2, 0.25) is 0 Å². The van der Waals surface area contributed by atoms with Crippen LogP contribution in [0.15, 0.2) is 30.5 Å². The Morgan fingerprint density at radius 1 is 1.38 bits per heavy atom. The van der Waals surface area contributed by atoms with Crippen molar-refractivity contribution >= 4 is 17.5 Å². The molecule has 4 nitrogen and oxygen atoms in total. The first-order chi connectivity index (χ1) is 10.1. The van der Waals surface area contributed by atoms with E-state index < -0.39 is 0 Å². The van der Waals surface area contributed by atoms with E-state index in [-0.39, 0.29) is 5.91 Å². The molecule has 0 unspecified atom stereocenters. The standard InChI is InChI=1S/C16H18ClN3O/c1-3-5-13-8-12(9-15(17)20-13)16(21)19-10-14-11(2)6-4-7-18-14/h4,6-9H,3,5,10H2,1-2H3,(H,19,21). The summed E-state index contributed by atoms with van der Waals surface area (Å²) in [6.45, 7) is 4.43. The summed E-state index contributed by atoms with van der Waals surface area (Å²) in [5.74, 6) is -0.165. The Bertz CT molecular complexity index is 643. The van der Waals surface area contributed by atoms with E-state index in [4.69, 9.17) is 11.6 Å². The lowest BCUT2D eigenvalue weighted by atomic mass is 10.1. The molecular formula is C16H18ClN3O. The third-order valence-electron chi connectivity index (χ3n) is 3.15. The number of rotatable bonds is 5. The van der Waals surface area contributed by atoms with Crippen molar-refractivity contribution in [3.05, 3.63) is 58.1 Å². The van der Waals surface area contributed by atoms with E-state index in [1.807, 2.05) is 19.1 Å². The third-order valence-corrected chi connectivity index (χ3v) is 3.34. The lowest BCUT2D eigenvalue weighted by Crippen LogP contribution is -2.24. The molecule has 21 heavy (non-hydrogen) atoms. The molecule has 0 fully saturated rings. The largest absolute Gasteiger partial charge is 0.346 e. The summed E-state index contributed by atoms with van der Waals surface area (Å²) in [6.07, 6.45) is 3.48. The molecular weight excluding hydrogens is 286 g/mol. The summed E-state index contributed by atoms with van der Waals surface area (Å²) in [5, 5.41) is 3.21. The summed E-state index contributed by atoms with van der Waals surface area (Å²) < 4.78 is 0. The Hall–Kier alpha value is -1.94. The predicted octanol–water partition coefficient (Wildman–Crippen LogP) is 3.32. The van der Waals surface area contributed by atoms with Gasteiger partial charge in [-0.05, 0) is 37.1 Å². The maximum absolute atomic E-state index is 12.2. The molecule has 0 aliphatic rings. The van der Waals surface area contributed by atoms with Crippen LogP contribution >= 0.6 is 11.6 Å². The highest BCUT2D eigenvalue weighted by molar-refractivity contribution is 6.29. The normalized spacial score (nSPS) is 10.4. The number of nitrogens with zero attached hydrogens (tertiary/aromatic N) is 2. The molecule has 0 saturated carbocycles. The number of amides is 1. The van der Waals surface area contributed by atoms with E-state index in [9.17, 15) is 4.79 Å². The van der Waals surface area contributed by atoms with Crippen molar-refractivity contribution in [2.45, 2.75) is 33.2 Å². The summed E-state index contributed by atoms with van der Waals surface area (Å²) in [6, 6.07) is 7.22. The third kappa shape index (κ3) is 4.26. The Morgan fingerprint density at radius 2 is 2.19 bits per heavy atom. The molecule has 2 aromatic heterocycles. The number of aryl methyl sites for hydroxylation is 2. The second kappa shape index (κ2) is 7.18. The Kier molecular flexibility index (Phi) is 5.28. The van der Waals surface area contributed by atoms with E-state index in [0.29, 0.717) is 17.3 Å². The number of nitrogens with one attached hydrogen (secondary N) is 1. The summed E-state index contributed by atoms with van der Waals surface area (Å²) in [4.78, 5) is 20.7. The van der Waals surface area contributed by atoms with E-state index in [1.54, 1.807) is 18.3 Å². The van der Waals surface area contributed by atoms with Gasteiger partial charge in [-0.15, -0.1) is 0 Å². The van der Waals surface area contributed by atoms with Crippen LogP contribution in [0.1, 0.15) is 40.7 Å². The van der Waals surface area contributed by atoms with Crippen molar-refractivity contribution in [1.82, 2.24) is 15.3 Å². The van der Waals surface area contributed by atoms with Crippen LogP contribution in [0.25, 0.3) is 0 Å². The van der Waals surface area contributed by atoms with Crippen LogP contribution in [0, 0.1) is 6.92 Å². The Balaban J connectivity index is 2.08. The molecule has 0 aliphatic heterocycles. The van der Waals surface area contributed by atoms with Gasteiger partial charge in [0, 0.05) is 17.5 Å². The first-order valence-electron chi connectivity index (χ1n) is 6.95. The van der Waals surface area contributed by atoms with Crippen LogP contribution in [0.2, 0.25) is 5.15 Å². The lowest BCUT2D eigenvalue weighted by molar-refractivity contribution is 0.0950. The zero-order valence-corrected chi connectivity index (χ0v) is 12.9. The zero-order chi connectivity index (χ0) is 15.2. The van der Waals surface area contributed by atoms with Gasteiger partial charge in [-0.3, -0.25) is 9.78 Å². The fourth-order valence-corrected chi connectivity index (χ4v) is 2.26. The van der Waals surface area contributed by atoms with Crippen molar-refractivity contribution in [2.75, 3.05) is 0 Å². The number of carbonyl (C=O) groups excluding carboxylic acids is 1. The first-order valence-corrected chi connectivity index (χ1v) is 7.33. The molecule has 5 heteroatoms. The zero-order valence-electron chi connectivity index (χ0n) is 12.2. The average molecular weight is 304 g/mol. The second-order valence-corrected chi connectivity index (χ2v) is 5.26. The molecule has 0 radical (unpaired) electrons. The van der Waals surface area contributed by atoms with Crippen LogP contribution in [-0.4, -0.2) is 15.9 Å². The molecule has 2 rings (SSSR count). The summed E-state index contributed by atoms with van der Waals surface area (Å²) in [7, 11) is 0. The highest BCUT2D eigenvalue weighted by Crippen LogP contribution is 2.13. The Labute approximate surface area is 129 Å². The molecule has 0 spiro atoms. The highest BCUT2D eigenvalue weighted by Gasteiger charge is 2.10. The monoisotopic (exact) mass is 303 g/mol. The van der Waals surface area contributed by atoms with E-state index >= 15 is 0 Å². The van der Waals surface area contributed by atoms with Crippen molar-refractivity contribution in [2.24, 2.45) is 0 Å². The van der Waals surface area contributed by atoms with Gasteiger partial charge in [0.1, 0.15) is 5.15 Å². The molecule has 2 aromatic rings. The van der Waals surface area contributed by atoms with Crippen molar-refractivity contribution < 1.29 is 4.79 Å². The van der Waals surface area contributed by atoms with Gasteiger partial charge in [-0.25, -0.2) is 4.98 Å². The van der Waals surface area contributed by atoms with Gasteiger partial charge in [0.25, 0.3) is 5.91 Å². The smallest absolute Gasteiger partial charge is 0.251 e. The molecule has 110 valence electrons. The van der Waals surface area contributed by atoms with Gasteiger partial charge in [0.15, 0.2) is 0 Å². The first kappa shape index (κ1) is 15.4. The van der Waals surface area contributed by atoms with Crippen LogP contribution in [0.3, 0.4) is 0 Å². The van der Waals surface area contributed by atoms with Gasteiger partial charge in [-0.1, -0.05) is 31.0 Å². The SMILES string of the molecule is CCCc1cc(C(=O)NCc2ncccc2C)cc(Cl)n1. The fourth-order valence-electron chi connectivity index (χ4n) is 2.04. The minimum Gasteiger partial charge on any atom is -0.346 e. The molecule has 1 amide bonds. The van der Waals surface area contributed by atoms with E-state index in [1.165, 1.54) is 0 Å². The van der Waals surface area contributed by atoms with Crippen LogP contribution in [0.5, 0.6) is 0 Å². The molecule has 2 heterocycles. The van der Waals surface area contributed by atoms with Crippen LogP contribution in [0.4, 0.5) is 0 Å². The maximum atomic E-state index is 12.2. The predicted molar refractivity (Wildman–Crippen MR) is 83.4 cm³/mol. The van der Waals surface area contributed by atoms with Crippen molar-refractivity contribution in [3.8, 4) is 0 Å². The number of hydrogen-bond donors (Lipinski definition) is 1. The Morgan fingerprint density at radius 3 is 2.90 bits per heavy atom. The average Bonchev–Trinajstić information content (AvgIpc) is 2.46. The molecule has 0 saturated heterocycles. The van der Waals surface area contributed by atoms with E-state index in [0.717, 1.165) is 29.8 Å². The van der Waals surface area contributed by atoms with Gasteiger partial charge in [-0.2, -0.15) is 0 Å². The summed E-state index contributed by atoms with van der Waals surface area (Å²) >= 11 is 5.97. The van der Waals surface area contributed by atoms with Gasteiger partial charge < -0.3 is 5.32 Å². The molecule has 0 atom stereocenters. The maximum Gasteiger partial charge on any atom is 0.251 e. The minimum atomic E-state index is -0.165. The molecule has 0 bridgehead atoms. The lowest BCUT2D eigenvalue weighted by Gasteiger charge is -2.08. The van der Waals surface area contributed by atoms with Gasteiger partial charge >= 0.3 is 0 Å². The van der Waals surface area contributed by atoms with Crippen LogP contribution in [-0.2, 0) is 13.0 Å². The minimum absolute atomic E-state index is 0.165. The molecule has 0 aromatic carbocycles. The number of halogens is 1. The van der Waals surface area contributed by atoms with Gasteiger partial charge in [0.05, 0.1) is 12.2 Å². The fraction of sp³-hybridized carbons (Fsp3) is 0.312.